The number of urea groups is 1. The topological polar surface area (TPSA) is 91.6 Å². The van der Waals surface area contributed by atoms with E-state index in [9.17, 15) is 9.59 Å². The molecule has 1 atom stereocenters. The van der Waals surface area contributed by atoms with Gasteiger partial charge in [0, 0.05) is 5.70 Å². The van der Waals surface area contributed by atoms with Crippen LogP contribution in [0.25, 0.3) is 0 Å². The molecule has 1 aromatic rings. The maximum Gasteiger partial charge on any atom is 0.335 e. The van der Waals surface area contributed by atoms with Gasteiger partial charge in [-0.25, -0.2) is 9.59 Å². The molecule has 3 N–H and O–H groups in total. The van der Waals surface area contributed by atoms with Crippen LogP contribution < -0.4 is 10.6 Å². The van der Waals surface area contributed by atoms with E-state index in [1.807, 2.05) is 0 Å². The molecule has 0 aromatic carbocycles. The predicted molar refractivity (Wildman–Crippen MR) is 53.5 cm³/mol. The van der Waals surface area contributed by atoms with E-state index in [1.54, 1.807) is 12.1 Å². The van der Waals surface area contributed by atoms with Gasteiger partial charge in [0.2, 0.25) is 0 Å². The minimum absolute atomic E-state index is 0.0783. The van der Waals surface area contributed by atoms with E-state index in [-0.39, 0.29) is 5.57 Å². The lowest BCUT2D eigenvalue weighted by Gasteiger charge is -2.25. The van der Waals surface area contributed by atoms with Crippen molar-refractivity contribution in [3.63, 3.8) is 0 Å². The van der Waals surface area contributed by atoms with Crippen LogP contribution in [-0.4, -0.2) is 17.1 Å². The van der Waals surface area contributed by atoms with Crippen molar-refractivity contribution < 1.29 is 19.1 Å². The molecule has 0 unspecified atom stereocenters. The van der Waals surface area contributed by atoms with E-state index >= 15 is 0 Å². The summed E-state index contributed by atoms with van der Waals surface area (Å²) in [4.78, 5) is 22.3. The van der Waals surface area contributed by atoms with Crippen LogP contribution in [0.4, 0.5) is 4.79 Å². The summed E-state index contributed by atoms with van der Waals surface area (Å²) in [6.45, 7) is 1.54. The Morgan fingerprint density at radius 2 is 2.31 bits per heavy atom. The summed E-state index contributed by atoms with van der Waals surface area (Å²) >= 11 is 0. The van der Waals surface area contributed by atoms with Crippen molar-refractivity contribution in [3.05, 3.63) is 35.4 Å². The van der Waals surface area contributed by atoms with E-state index in [4.69, 9.17) is 9.52 Å². The van der Waals surface area contributed by atoms with Gasteiger partial charge in [0.1, 0.15) is 11.8 Å². The van der Waals surface area contributed by atoms with Gasteiger partial charge in [-0.15, -0.1) is 0 Å². The number of hydrogen-bond donors (Lipinski definition) is 3. The zero-order valence-electron chi connectivity index (χ0n) is 8.48. The molecule has 2 amide bonds. The van der Waals surface area contributed by atoms with Crippen LogP contribution in [0.1, 0.15) is 18.7 Å². The summed E-state index contributed by atoms with van der Waals surface area (Å²) in [6, 6.07) is 2.07. The largest absolute Gasteiger partial charge is 0.478 e. The number of amides is 2. The third kappa shape index (κ3) is 1.65. The first kappa shape index (κ1) is 10.3. The second-order valence-corrected chi connectivity index (χ2v) is 3.39. The molecule has 0 fully saturated rings. The summed E-state index contributed by atoms with van der Waals surface area (Å²) in [7, 11) is 0. The van der Waals surface area contributed by atoms with Crippen molar-refractivity contribution in [3.8, 4) is 0 Å². The Labute approximate surface area is 90.9 Å². The first-order valence-corrected chi connectivity index (χ1v) is 4.64. The minimum Gasteiger partial charge on any atom is -0.478 e. The Bertz CT molecular complexity index is 461. The van der Waals surface area contributed by atoms with Gasteiger partial charge in [0.25, 0.3) is 0 Å². The van der Waals surface area contributed by atoms with Gasteiger partial charge in [-0.1, -0.05) is 0 Å². The molecule has 0 saturated heterocycles. The normalized spacial score (nSPS) is 20.3. The number of hydrogen-bond acceptors (Lipinski definition) is 3. The fourth-order valence-corrected chi connectivity index (χ4v) is 1.65. The van der Waals surface area contributed by atoms with Crippen molar-refractivity contribution in [2.24, 2.45) is 0 Å². The summed E-state index contributed by atoms with van der Waals surface area (Å²) < 4.78 is 5.11. The lowest BCUT2D eigenvalue weighted by atomic mass is 10.0. The number of carboxylic acids is 1. The molecule has 2 rings (SSSR count). The van der Waals surface area contributed by atoms with Gasteiger partial charge in [-0.2, -0.15) is 0 Å². The fourth-order valence-electron chi connectivity index (χ4n) is 1.65. The number of rotatable bonds is 2. The summed E-state index contributed by atoms with van der Waals surface area (Å²) in [5.74, 6) is -0.696. The highest BCUT2D eigenvalue weighted by atomic mass is 16.4. The lowest BCUT2D eigenvalue weighted by Crippen LogP contribution is -2.44. The van der Waals surface area contributed by atoms with Crippen LogP contribution in [0.2, 0.25) is 0 Å². The molecular formula is C10H10N2O4. The minimum atomic E-state index is -1.09. The molecule has 0 spiro atoms. The van der Waals surface area contributed by atoms with E-state index in [0.29, 0.717) is 11.5 Å². The summed E-state index contributed by atoms with van der Waals surface area (Å²) in [6.07, 6.45) is 1.43. The van der Waals surface area contributed by atoms with Crippen LogP contribution in [0.3, 0.4) is 0 Å². The zero-order valence-corrected chi connectivity index (χ0v) is 8.48. The third-order valence-electron chi connectivity index (χ3n) is 2.33. The molecule has 0 radical (unpaired) electrons. The van der Waals surface area contributed by atoms with Gasteiger partial charge in [0.05, 0.1) is 11.8 Å². The average molecular weight is 222 g/mol. The van der Waals surface area contributed by atoms with Gasteiger partial charge in [-0.3, -0.25) is 0 Å². The van der Waals surface area contributed by atoms with Crippen molar-refractivity contribution in [1.82, 2.24) is 10.6 Å². The number of furan rings is 1. The van der Waals surface area contributed by atoms with E-state index in [0.717, 1.165) is 0 Å². The molecular weight excluding hydrogens is 212 g/mol. The lowest BCUT2D eigenvalue weighted by molar-refractivity contribution is -0.133. The molecule has 1 aliphatic rings. The van der Waals surface area contributed by atoms with E-state index in [2.05, 4.69) is 10.6 Å². The maximum atomic E-state index is 11.3. The van der Waals surface area contributed by atoms with Gasteiger partial charge < -0.3 is 20.2 Å². The second-order valence-electron chi connectivity index (χ2n) is 3.39. The molecule has 6 nitrogen and oxygen atoms in total. The average Bonchev–Trinajstić information content (AvgIpc) is 2.67. The van der Waals surface area contributed by atoms with Gasteiger partial charge in [0.15, 0.2) is 0 Å². The molecule has 84 valence electrons. The SMILES string of the molecule is CC1=C(C(=O)O)[C@H](c2ccco2)NC(=O)N1. The molecule has 6 heteroatoms. The van der Waals surface area contributed by atoms with Gasteiger partial charge in [-0.05, 0) is 19.1 Å². The van der Waals surface area contributed by atoms with Crippen LogP contribution in [0, 0.1) is 0 Å². The molecule has 0 aliphatic carbocycles. The highest BCUT2D eigenvalue weighted by Gasteiger charge is 2.32. The molecule has 1 aliphatic heterocycles. The van der Waals surface area contributed by atoms with Gasteiger partial charge >= 0.3 is 12.0 Å². The van der Waals surface area contributed by atoms with Crippen LogP contribution in [0.15, 0.2) is 34.1 Å². The number of aliphatic carboxylic acids is 1. The summed E-state index contributed by atoms with van der Waals surface area (Å²) in [5, 5.41) is 14.0. The predicted octanol–water partition coefficient (Wildman–Crippen LogP) is 0.992. The van der Waals surface area contributed by atoms with Crippen molar-refractivity contribution in [2.75, 3.05) is 0 Å². The first-order chi connectivity index (χ1) is 7.59. The van der Waals surface area contributed by atoms with Crippen LogP contribution >= 0.6 is 0 Å². The number of allylic oxidation sites excluding steroid dienone is 1. The third-order valence-corrected chi connectivity index (χ3v) is 2.33. The smallest absolute Gasteiger partial charge is 0.335 e. The van der Waals surface area contributed by atoms with Crippen molar-refractivity contribution in [2.45, 2.75) is 13.0 Å². The molecule has 2 heterocycles. The first-order valence-electron chi connectivity index (χ1n) is 4.64. The Balaban J connectivity index is 2.46. The van der Waals surface area contributed by atoms with Crippen LogP contribution in [-0.2, 0) is 4.79 Å². The molecule has 0 saturated carbocycles. The van der Waals surface area contributed by atoms with Crippen molar-refractivity contribution in [1.29, 1.82) is 0 Å². The quantitative estimate of drug-likeness (QED) is 0.695. The Morgan fingerprint density at radius 1 is 1.56 bits per heavy atom. The maximum absolute atomic E-state index is 11.3. The highest BCUT2D eigenvalue weighted by Crippen LogP contribution is 2.26. The van der Waals surface area contributed by atoms with E-state index < -0.39 is 18.0 Å². The number of carbonyl (C=O) groups excluding carboxylic acids is 1. The summed E-state index contributed by atoms with van der Waals surface area (Å²) in [5.41, 5.74) is 0.396. The zero-order chi connectivity index (χ0) is 11.7. The second kappa shape index (κ2) is 3.73. The van der Waals surface area contributed by atoms with Crippen LogP contribution in [0.5, 0.6) is 0 Å². The Hall–Kier alpha value is -2.24. The number of nitrogens with one attached hydrogen (secondary N) is 2. The van der Waals surface area contributed by atoms with Crippen molar-refractivity contribution >= 4 is 12.0 Å². The highest BCUT2D eigenvalue weighted by molar-refractivity contribution is 5.93. The molecule has 16 heavy (non-hydrogen) atoms. The Morgan fingerprint density at radius 3 is 2.88 bits per heavy atom. The Kier molecular flexibility index (Phi) is 2.40. The number of carboxylic acid groups (broad SMARTS) is 1. The number of carbonyl (C=O) groups is 2. The van der Waals surface area contributed by atoms with E-state index in [1.165, 1.54) is 13.2 Å². The monoisotopic (exact) mass is 222 g/mol. The standard InChI is InChI=1S/C10H10N2O4/c1-5-7(9(13)14)8(12-10(15)11-5)6-3-2-4-16-6/h2-4,8H,1H3,(H,13,14)(H2,11,12,15)/t8-/m0/s1. The fraction of sp³-hybridized carbons (Fsp3) is 0.200. The molecule has 0 bridgehead atoms. The molecule has 1 aromatic heterocycles.